The third-order valence-electron chi connectivity index (χ3n) is 7.85. The molecular formula is C32H22N2O. The largest absolute Gasteiger partial charge is 0.456 e. The highest BCUT2D eigenvalue weighted by atomic mass is 16.3. The number of fused-ring (bicyclic) bond motifs is 12. The van der Waals surface area contributed by atoms with E-state index >= 15 is 0 Å². The Balaban J connectivity index is 1.76. The molecule has 8 rings (SSSR count). The van der Waals surface area contributed by atoms with Crippen LogP contribution >= 0.6 is 0 Å². The van der Waals surface area contributed by atoms with Gasteiger partial charge in [0, 0.05) is 45.2 Å². The third kappa shape index (κ3) is 2.23. The quantitative estimate of drug-likeness (QED) is 0.251. The average Bonchev–Trinajstić information content (AvgIpc) is 3.51. The minimum absolute atomic E-state index is 0.174. The third-order valence-corrected chi connectivity index (χ3v) is 7.85. The van der Waals surface area contributed by atoms with E-state index in [1.54, 1.807) is 0 Å². The lowest BCUT2D eigenvalue weighted by atomic mass is 9.81. The van der Waals surface area contributed by atoms with Gasteiger partial charge in [-0.25, -0.2) is 0 Å². The van der Waals surface area contributed by atoms with Gasteiger partial charge in [-0.15, -0.1) is 0 Å². The summed E-state index contributed by atoms with van der Waals surface area (Å²) >= 11 is 0. The van der Waals surface area contributed by atoms with Crippen LogP contribution in [0, 0.1) is 0 Å². The van der Waals surface area contributed by atoms with Crippen molar-refractivity contribution < 1.29 is 4.42 Å². The smallest absolute Gasteiger partial charge is 0.142 e. The molecule has 0 radical (unpaired) electrons. The molecule has 0 bridgehead atoms. The molecule has 166 valence electrons. The predicted molar refractivity (Wildman–Crippen MR) is 143 cm³/mol. The van der Waals surface area contributed by atoms with E-state index in [0.29, 0.717) is 0 Å². The van der Waals surface area contributed by atoms with Gasteiger partial charge in [0.05, 0.1) is 16.4 Å². The molecule has 1 aliphatic rings. The summed E-state index contributed by atoms with van der Waals surface area (Å²) in [7, 11) is 0. The van der Waals surface area contributed by atoms with Crippen LogP contribution in [0.5, 0.6) is 0 Å². The van der Waals surface area contributed by atoms with Crippen LogP contribution in [-0.4, -0.2) is 9.55 Å². The molecule has 1 aliphatic carbocycles. The van der Waals surface area contributed by atoms with Crippen molar-refractivity contribution in [3.63, 3.8) is 0 Å². The number of aromatic nitrogens is 2. The summed E-state index contributed by atoms with van der Waals surface area (Å²) in [6.45, 7) is 4.66. The molecule has 0 amide bonds. The Hall–Kier alpha value is -4.37. The Labute approximate surface area is 202 Å². The predicted octanol–water partition coefficient (Wildman–Crippen LogP) is 8.38. The second-order valence-corrected chi connectivity index (χ2v) is 10.0. The van der Waals surface area contributed by atoms with Gasteiger partial charge in [-0.05, 0) is 41.0 Å². The van der Waals surface area contributed by atoms with Crippen molar-refractivity contribution in [2.75, 3.05) is 0 Å². The first kappa shape index (κ1) is 19.0. The van der Waals surface area contributed by atoms with Crippen LogP contribution in [0.1, 0.15) is 25.0 Å². The highest BCUT2D eigenvalue weighted by molar-refractivity contribution is 6.30. The molecule has 4 aromatic carbocycles. The molecule has 3 heterocycles. The van der Waals surface area contributed by atoms with Gasteiger partial charge >= 0.3 is 0 Å². The van der Waals surface area contributed by atoms with Crippen LogP contribution in [-0.2, 0) is 5.41 Å². The Morgan fingerprint density at radius 3 is 2.31 bits per heavy atom. The topological polar surface area (TPSA) is 31.0 Å². The molecule has 3 heteroatoms. The summed E-state index contributed by atoms with van der Waals surface area (Å²) in [5.41, 5.74) is 10.5. The van der Waals surface area contributed by atoms with Crippen molar-refractivity contribution in [1.82, 2.24) is 9.55 Å². The van der Waals surface area contributed by atoms with Crippen molar-refractivity contribution >= 4 is 43.7 Å². The van der Waals surface area contributed by atoms with E-state index in [9.17, 15) is 0 Å². The molecule has 7 aromatic rings. The molecule has 0 saturated carbocycles. The van der Waals surface area contributed by atoms with Crippen molar-refractivity contribution in [2.45, 2.75) is 19.3 Å². The zero-order chi connectivity index (χ0) is 23.3. The fourth-order valence-corrected chi connectivity index (χ4v) is 6.43. The SMILES string of the molecule is CC1(C)c2ccccc2-c2c1c1oc3ccccc3c1c1c2c2ccccc2n1-c1ccncc1. The fraction of sp³-hybridized carbons (Fsp3) is 0.0938. The fourth-order valence-electron chi connectivity index (χ4n) is 6.43. The molecule has 3 aromatic heterocycles. The molecule has 0 atom stereocenters. The summed E-state index contributed by atoms with van der Waals surface area (Å²) in [5.74, 6) is 0. The molecule has 0 saturated heterocycles. The van der Waals surface area contributed by atoms with E-state index in [-0.39, 0.29) is 5.41 Å². The molecule has 3 nitrogen and oxygen atoms in total. The van der Waals surface area contributed by atoms with Gasteiger partial charge in [0.1, 0.15) is 11.2 Å². The van der Waals surface area contributed by atoms with Gasteiger partial charge in [-0.2, -0.15) is 0 Å². The van der Waals surface area contributed by atoms with Gasteiger partial charge in [-0.1, -0.05) is 74.5 Å². The average molecular weight is 451 g/mol. The van der Waals surface area contributed by atoms with Crippen molar-refractivity contribution in [1.29, 1.82) is 0 Å². The summed E-state index contributed by atoms with van der Waals surface area (Å²) in [4.78, 5) is 4.29. The molecule has 35 heavy (non-hydrogen) atoms. The highest BCUT2D eigenvalue weighted by Crippen LogP contribution is 2.57. The summed E-state index contributed by atoms with van der Waals surface area (Å²) in [5, 5.41) is 4.89. The van der Waals surface area contributed by atoms with E-state index < -0.39 is 0 Å². The lowest BCUT2D eigenvalue weighted by Gasteiger charge is -2.21. The van der Waals surface area contributed by atoms with Gasteiger partial charge in [-0.3, -0.25) is 4.98 Å². The first-order chi connectivity index (χ1) is 17.2. The van der Waals surface area contributed by atoms with Crippen molar-refractivity contribution in [3.05, 3.63) is 108 Å². The van der Waals surface area contributed by atoms with Crippen LogP contribution in [0.25, 0.3) is 60.6 Å². The maximum atomic E-state index is 6.73. The highest BCUT2D eigenvalue weighted by Gasteiger charge is 2.41. The van der Waals surface area contributed by atoms with E-state index in [2.05, 4.69) is 108 Å². The molecule has 0 aliphatic heterocycles. The first-order valence-electron chi connectivity index (χ1n) is 12.1. The van der Waals surface area contributed by atoms with Crippen LogP contribution in [0.15, 0.2) is 102 Å². The zero-order valence-electron chi connectivity index (χ0n) is 19.5. The number of pyridine rings is 1. The van der Waals surface area contributed by atoms with Gasteiger partial charge in [0.2, 0.25) is 0 Å². The number of hydrogen-bond acceptors (Lipinski definition) is 2. The molecule has 0 spiro atoms. The van der Waals surface area contributed by atoms with Crippen LogP contribution in [0.4, 0.5) is 0 Å². The normalized spacial score (nSPS) is 14.2. The second-order valence-electron chi connectivity index (χ2n) is 10.0. The molecular weight excluding hydrogens is 428 g/mol. The van der Waals surface area contributed by atoms with Crippen molar-refractivity contribution in [3.8, 4) is 16.8 Å². The van der Waals surface area contributed by atoms with Crippen LogP contribution in [0.2, 0.25) is 0 Å². The number of benzene rings is 4. The van der Waals surface area contributed by atoms with E-state index in [1.807, 2.05) is 12.4 Å². The number of hydrogen-bond donors (Lipinski definition) is 0. The van der Waals surface area contributed by atoms with Gasteiger partial charge in [0.15, 0.2) is 0 Å². The Morgan fingerprint density at radius 2 is 1.46 bits per heavy atom. The second kappa shape index (κ2) is 6.39. The maximum Gasteiger partial charge on any atom is 0.142 e. The standard InChI is InChI=1S/C32H22N2O/c1-32(2)23-12-6-3-9-20(23)26-27-21-10-4-7-13-24(21)34(19-15-17-33-18-16-19)30(27)28-22-11-5-8-14-25(22)35-31(28)29(26)32/h3-18H,1-2H3. The minimum Gasteiger partial charge on any atom is -0.456 e. The van der Waals surface area contributed by atoms with Gasteiger partial charge in [0.25, 0.3) is 0 Å². The summed E-state index contributed by atoms with van der Waals surface area (Å²) < 4.78 is 9.13. The minimum atomic E-state index is -0.174. The Bertz CT molecular complexity index is 1970. The lowest BCUT2D eigenvalue weighted by molar-refractivity contribution is 0.620. The van der Waals surface area contributed by atoms with Crippen molar-refractivity contribution in [2.24, 2.45) is 0 Å². The van der Waals surface area contributed by atoms with Crippen LogP contribution in [0.3, 0.4) is 0 Å². The monoisotopic (exact) mass is 450 g/mol. The van der Waals surface area contributed by atoms with E-state index in [1.165, 1.54) is 49.4 Å². The summed E-state index contributed by atoms with van der Waals surface area (Å²) in [6.07, 6.45) is 3.73. The Morgan fingerprint density at radius 1 is 0.743 bits per heavy atom. The number of furan rings is 1. The van der Waals surface area contributed by atoms with Crippen LogP contribution < -0.4 is 0 Å². The van der Waals surface area contributed by atoms with Gasteiger partial charge < -0.3 is 8.98 Å². The number of rotatable bonds is 1. The number of para-hydroxylation sites is 2. The lowest BCUT2D eigenvalue weighted by Crippen LogP contribution is -2.15. The first-order valence-corrected chi connectivity index (χ1v) is 12.1. The van der Waals surface area contributed by atoms with E-state index in [0.717, 1.165) is 22.2 Å². The Kier molecular flexibility index (Phi) is 3.47. The number of nitrogens with zero attached hydrogens (tertiary/aromatic N) is 2. The summed E-state index contributed by atoms with van der Waals surface area (Å²) in [6, 6.07) is 30.2. The van der Waals surface area contributed by atoms with E-state index in [4.69, 9.17) is 4.42 Å². The molecule has 0 fully saturated rings. The molecule has 0 N–H and O–H groups in total. The zero-order valence-corrected chi connectivity index (χ0v) is 19.5. The maximum absolute atomic E-state index is 6.73. The molecule has 0 unspecified atom stereocenters.